The molecule has 3 aliphatic rings. The summed E-state index contributed by atoms with van der Waals surface area (Å²) in [5.41, 5.74) is 8.59. The van der Waals surface area contributed by atoms with Gasteiger partial charge in [0.25, 0.3) is 0 Å². The Kier molecular flexibility index (Phi) is 2.39. The molecule has 0 aliphatic heterocycles. The van der Waals surface area contributed by atoms with E-state index in [4.69, 9.17) is 0 Å². The molecule has 0 radical (unpaired) electrons. The van der Waals surface area contributed by atoms with Gasteiger partial charge >= 0.3 is 0 Å². The number of Topliss-reactive ketones (excluding diaryl/α,β-unsaturated/α-hetero) is 1. The van der Waals surface area contributed by atoms with E-state index < -0.39 is 0 Å². The van der Waals surface area contributed by atoms with Gasteiger partial charge in [-0.2, -0.15) is 0 Å². The molecule has 2 aromatic carbocycles. The summed E-state index contributed by atoms with van der Waals surface area (Å²) in [7, 11) is 0. The Morgan fingerprint density at radius 2 is 1.19 bits per heavy atom. The lowest BCUT2D eigenvalue weighted by atomic mass is 9.72. The van der Waals surface area contributed by atoms with E-state index in [1.807, 2.05) is 0 Å². The molecule has 0 amide bonds. The van der Waals surface area contributed by atoms with Crippen LogP contribution in [0.5, 0.6) is 0 Å². The van der Waals surface area contributed by atoms with Gasteiger partial charge < -0.3 is 0 Å². The molecule has 1 heteroatoms. The molecule has 0 heterocycles. The topological polar surface area (TPSA) is 17.1 Å². The normalized spacial score (nSPS) is 19.7. The third-order valence-corrected chi connectivity index (χ3v) is 5.80. The van der Waals surface area contributed by atoms with Crippen LogP contribution in [0.4, 0.5) is 0 Å². The number of carbonyl (C=O) groups is 1. The first kappa shape index (κ1) is 12.0. The van der Waals surface area contributed by atoms with Gasteiger partial charge in [0.1, 0.15) is 0 Å². The highest BCUT2D eigenvalue weighted by Crippen LogP contribution is 2.43. The molecule has 5 rings (SSSR count). The fraction of sp³-hybridized carbons (Fsp3) is 0.450. The molecule has 0 bridgehead atoms. The van der Waals surface area contributed by atoms with Crippen LogP contribution in [0, 0.1) is 0 Å². The predicted molar refractivity (Wildman–Crippen MR) is 85.3 cm³/mol. The fourth-order valence-corrected chi connectivity index (χ4v) is 5.00. The molecule has 0 saturated heterocycles. The van der Waals surface area contributed by atoms with Crippen LogP contribution in [0.3, 0.4) is 0 Å². The zero-order valence-corrected chi connectivity index (χ0v) is 12.4. The molecule has 0 fully saturated rings. The van der Waals surface area contributed by atoms with E-state index in [-0.39, 0.29) is 0 Å². The van der Waals surface area contributed by atoms with Crippen molar-refractivity contribution < 1.29 is 4.79 Å². The Morgan fingerprint density at radius 3 is 1.95 bits per heavy atom. The SMILES string of the molecule is O=C1CCCc2c1c1c3c(ccc4c3c2CCC4)CCC1. The van der Waals surface area contributed by atoms with Gasteiger partial charge in [0.2, 0.25) is 0 Å². The lowest BCUT2D eigenvalue weighted by Gasteiger charge is -2.31. The van der Waals surface area contributed by atoms with Gasteiger partial charge in [-0.1, -0.05) is 12.1 Å². The second-order valence-corrected chi connectivity index (χ2v) is 6.93. The van der Waals surface area contributed by atoms with E-state index >= 15 is 0 Å². The van der Waals surface area contributed by atoms with Crippen molar-refractivity contribution in [3.8, 4) is 0 Å². The van der Waals surface area contributed by atoms with Gasteiger partial charge in [0, 0.05) is 12.0 Å². The van der Waals surface area contributed by atoms with Crippen LogP contribution < -0.4 is 0 Å². The van der Waals surface area contributed by atoms with Gasteiger partial charge in [-0.3, -0.25) is 4.79 Å². The van der Waals surface area contributed by atoms with Crippen LogP contribution >= 0.6 is 0 Å². The van der Waals surface area contributed by atoms with E-state index in [0.717, 1.165) is 31.2 Å². The van der Waals surface area contributed by atoms with Crippen LogP contribution in [0.2, 0.25) is 0 Å². The zero-order valence-electron chi connectivity index (χ0n) is 12.4. The van der Waals surface area contributed by atoms with E-state index in [9.17, 15) is 4.79 Å². The Bertz CT molecular complexity index is 798. The number of benzene rings is 2. The van der Waals surface area contributed by atoms with Gasteiger partial charge in [-0.25, -0.2) is 0 Å². The smallest absolute Gasteiger partial charge is 0.163 e. The van der Waals surface area contributed by atoms with Crippen molar-refractivity contribution in [2.24, 2.45) is 0 Å². The summed E-state index contributed by atoms with van der Waals surface area (Å²) < 4.78 is 0. The third-order valence-electron chi connectivity index (χ3n) is 5.80. The van der Waals surface area contributed by atoms with Crippen molar-refractivity contribution in [2.45, 2.75) is 57.8 Å². The highest BCUT2D eigenvalue weighted by Gasteiger charge is 2.30. The molecule has 0 spiro atoms. The molecular formula is C20H20O. The van der Waals surface area contributed by atoms with Gasteiger partial charge in [0.15, 0.2) is 5.78 Å². The molecule has 106 valence electrons. The summed E-state index contributed by atoms with van der Waals surface area (Å²) >= 11 is 0. The number of fused-ring (bicyclic) bond motifs is 3. The van der Waals surface area contributed by atoms with Crippen LogP contribution in [0.15, 0.2) is 12.1 Å². The van der Waals surface area contributed by atoms with Crippen LogP contribution in [0.25, 0.3) is 10.8 Å². The summed E-state index contributed by atoms with van der Waals surface area (Å²) in [6.07, 6.45) is 10.1. The first-order valence-electron chi connectivity index (χ1n) is 8.49. The molecular weight excluding hydrogens is 256 g/mol. The summed E-state index contributed by atoms with van der Waals surface area (Å²) in [5.74, 6) is 0.424. The maximum absolute atomic E-state index is 12.6. The second kappa shape index (κ2) is 4.19. The number of hydrogen-bond acceptors (Lipinski definition) is 1. The molecule has 3 aliphatic carbocycles. The fourth-order valence-electron chi connectivity index (χ4n) is 5.00. The number of aryl methyl sites for hydroxylation is 4. The van der Waals surface area contributed by atoms with E-state index in [1.54, 1.807) is 16.5 Å². The highest BCUT2D eigenvalue weighted by molar-refractivity contribution is 6.08. The van der Waals surface area contributed by atoms with E-state index in [1.165, 1.54) is 54.2 Å². The van der Waals surface area contributed by atoms with Crippen molar-refractivity contribution in [1.29, 1.82) is 0 Å². The Balaban J connectivity index is 2.02. The molecule has 0 aromatic heterocycles. The lowest BCUT2D eigenvalue weighted by Crippen LogP contribution is -2.21. The average molecular weight is 276 g/mol. The number of ketones is 1. The standard InChI is InChI=1S/C20H20O/c21-17-9-3-7-15-14-6-1-4-12-10-11-13-5-2-8-16(20(15)17)19(13)18(12)14/h10-11H,1-9H2. The van der Waals surface area contributed by atoms with Crippen molar-refractivity contribution in [3.63, 3.8) is 0 Å². The Hall–Kier alpha value is -1.63. The van der Waals surface area contributed by atoms with Crippen molar-refractivity contribution in [2.75, 3.05) is 0 Å². The first-order valence-corrected chi connectivity index (χ1v) is 8.49. The van der Waals surface area contributed by atoms with Gasteiger partial charge in [-0.05, 0) is 90.0 Å². The lowest BCUT2D eigenvalue weighted by molar-refractivity contribution is 0.0971. The maximum atomic E-state index is 12.6. The monoisotopic (exact) mass is 276 g/mol. The van der Waals surface area contributed by atoms with Gasteiger partial charge in [-0.15, -0.1) is 0 Å². The quantitative estimate of drug-likeness (QED) is 0.699. The van der Waals surface area contributed by atoms with Gasteiger partial charge in [0.05, 0.1) is 0 Å². The summed E-state index contributed by atoms with van der Waals surface area (Å²) in [6, 6.07) is 4.71. The van der Waals surface area contributed by atoms with E-state index in [0.29, 0.717) is 5.78 Å². The number of carbonyl (C=O) groups excluding carboxylic acids is 1. The molecule has 2 aromatic rings. The number of rotatable bonds is 0. The average Bonchev–Trinajstić information content (AvgIpc) is 2.53. The van der Waals surface area contributed by atoms with Crippen LogP contribution in [-0.4, -0.2) is 5.78 Å². The Morgan fingerprint density at radius 1 is 0.619 bits per heavy atom. The van der Waals surface area contributed by atoms with E-state index in [2.05, 4.69) is 12.1 Å². The van der Waals surface area contributed by atoms with Crippen LogP contribution in [-0.2, 0) is 32.1 Å². The van der Waals surface area contributed by atoms with Crippen molar-refractivity contribution in [3.05, 3.63) is 45.5 Å². The largest absolute Gasteiger partial charge is 0.294 e. The van der Waals surface area contributed by atoms with Crippen LogP contribution in [0.1, 0.15) is 63.9 Å². The summed E-state index contributed by atoms with van der Waals surface area (Å²) in [6.45, 7) is 0. The maximum Gasteiger partial charge on any atom is 0.163 e. The summed E-state index contributed by atoms with van der Waals surface area (Å²) in [5, 5.41) is 3.05. The Labute approximate surface area is 125 Å². The first-order chi connectivity index (χ1) is 10.3. The third kappa shape index (κ3) is 1.50. The molecule has 1 nitrogen and oxygen atoms in total. The molecule has 0 N–H and O–H groups in total. The molecule has 0 atom stereocenters. The zero-order chi connectivity index (χ0) is 14.0. The minimum atomic E-state index is 0.424. The number of hydrogen-bond donors (Lipinski definition) is 0. The second-order valence-electron chi connectivity index (χ2n) is 6.93. The highest BCUT2D eigenvalue weighted by atomic mass is 16.1. The molecule has 0 saturated carbocycles. The summed E-state index contributed by atoms with van der Waals surface area (Å²) in [4.78, 5) is 12.6. The van der Waals surface area contributed by atoms with Crippen molar-refractivity contribution >= 4 is 16.6 Å². The minimum Gasteiger partial charge on any atom is -0.294 e. The minimum absolute atomic E-state index is 0.424. The molecule has 21 heavy (non-hydrogen) atoms. The van der Waals surface area contributed by atoms with Crippen molar-refractivity contribution in [1.82, 2.24) is 0 Å². The molecule has 0 unspecified atom stereocenters. The predicted octanol–water partition coefficient (Wildman–Crippen LogP) is 4.34.